The summed E-state index contributed by atoms with van der Waals surface area (Å²) in [7, 11) is 0. The van der Waals surface area contributed by atoms with Crippen LogP contribution in [0.4, 0.5) is 13.2 Å². The molecule has 3 aliphatic carbocycles. The zero-order chi connectivity index (χ0) is 12.1. The second kappa shape index (κ2) is 3.11. The van der Waals surface area contributed by atoms with Crippen molar-refractivity contribution in [3.63, 3.8) is 0 Å². The molecular formula is C9H10F3NO3. The molecule has 0 aromatic carbocycles. The van der Waals surface area contributed by atoms with Gasteiger partial charge in [0.25, 0.3) is 0 Å². The number of carboxylic acid groups (broad SMARTS) is 1. The second-order valence-corrected chi connectivity index (χ2v) is 4.58. The van der Waals surface area contributed by atoms with Crippen molar-refractivity contribution in [1.82, 2.24) is 5.32 Å². The minimum Gasteiger partial charge on any atom is -0.480 e. The van der Waals surface area contributed by atoms with Crippen LogP contribution >= 0.6 is 0 Å². The largest absolute Gasteiger partial charge is 0.480 e. The third kappa shape index (κ3) is 1.54. The van der Waals surface area contributed by atoms with Crippen molar-refractivity contribution in [2.45, 2.75) is 31.5 Å². The molecule has 0 aromatic heterocycles. The summed E-state index contributed by atoms with van der Waals surface area (Å²) in [5.74, 6) is -3.13. The summed E-state index contributed by atoms with van der Waals surface area (Å²) in [4.78, 5) is 21.5. The molecule has 1 amide bonds. The Hall–Kier alpha value is -1.27. The normalized spacial score (nSPS) is 33.3. The van der Waals surface area contributed by atoms with E-state index >= 15 is 0 Å². The lowest BCUT2D eigenvalue weighted by Crippen LogP contribution is -2.67. The van der Waals surface area contributed by atoms with Crippen molar-refractivity contribution in [2.75, 3.05) is 0 Å². The van der Waals surface area contributed by atoms with Gasteiger partial charge in [-0.2, -0.15) is 13.2 Å². The number of carbonyl (C=O) groups excluding carboxylic acids is 1. The molecule has 1 atom stereocenters. The Balaban J connectivity index is 2.04. The van der Waals surface area contributed by atoms with Crippen molar-refractivity contribution >= 4 is 11.9 Å². The molecule has 4 nitrogen and oxygen atoms in total. The average molecular weight is 237 g/mol. The topological polar surface area (TPSA) is 66.4 Å². The van der Waals surface area contributed by atoms with E-state index in [0.29, 0.717) is 25.2 Å². The SMILES string of the molecule is O=C(O)C(NC(=O)C(F)(F)F)C12CC(C1)C2. The standard InChI is InChI=1S/C9H10F3NO3/c10-9(11,12)7(16)13-5(6(14)15)8-1-4(2-8)3-8/h4-5H,1-3H2,(H,13,16)(H,14,15). The van der Waals surface area contributed by atoms with E-state index in [0.717, 1.165) is 0 Å². The molecule has 0 aromatic rings. The number of carboxylic acids is 1. The predicted octanol–water partition coefficient (Wildman–Crippen LogP) is 0.918. The number of hydrogen-bond acceptors (Lipinski definition) is 2. The van der Waals surface area contributed by atoms with E-state index in [-0.39, 0.29) is 0 Å². The molecule has 3 aliphatic rings. The Bertz CT molecular complexity index is 335. The van der Waals surface area contributed by atoms with Crippen LogP contribution in [0.15, 0.2) is 0 Å². The molecule has 2 N–H and O–H groups in total. The van der Waals surface area contributed by atoms with Gasteiger partial charge in [-0.3, -0.25) is 4.79 Å². The van der Waals surface area contributed by atoms with Crippen LogP contribution in [-0.4, -0.2) is 29.2 Å². The van der Waals surface area contributed by atoms with E-state index in [2.05, 4.69) is 0 Å². The van der Waals surface area contributed by atoms with Crippen molar-refractivity contribution in [3.8, 4) is 0 Å². The van der Waals surface area contributed by atoms with Gasteiger partial charge in [0.2, 0.25) is 0 Å². The molecule has 0 aliphatic heterocycles. The van der Waals surface area contributed by atoms with Gasteiger partial charge in [0.15, 0.2) is 0 Å². The molecule has 0 radical (unpaired) electrons. The summed E-state index contributed by atoms with van der Waals surface area (Å²) in [6.07, 6.45) is -3.23. The number of halogens is 3. The Morgan fingerprint density at radius 2 is 1.81 bits per heavy atom. The van der Waals surface area contributed by atoms with Gasteiger partial charge in [0.05, 0.1) is 0 Å². The molecule has 3 saturated carbocycles. The second-order valence-electron chi connectivity index (χ2n) is 4.58. The fourth-order valence-electron chi connectivity index (χ4n) is 2.59. The third-order valence-electron chi connectivity index (χ3n) is 3.48. The third-order valence-corrected chi connectivity index (χ3v) is 3.48. The van der Waals surface area contributed by atoms with Crippen molar-refractivity contribution in [2.24, 2.45) is 11.3 Å². The van der Waals surface area contributed by atoms with Crippen LogP contribution in [0, 0.1) is 11.3 Å². The first-order valence-corrected chi connectivity index (χ1v) is 4.85. The molecule has 1 unspecified atom stereocenters. The average Bonchev–Trinajstić information content (AvgIpc) is 1.94. The zero-order valence-electron chi connectivity index (χ0n) is 8.17. The lowest BCUT2D eigenvalue weighted by Gasteiger charge is -2.64. The number of rotatable bonds is 3. The van der Waals surface area contributed by atoms with Crippen molar-refractivity contribution in [3.05, 3.63) is 0 Å². The van der Waals surface area contributed by atoms with Gasteiger partial charge in [-0.05, 0) is 25.2 Å². The quantitative estimate of drug-likeness (QED) is 0.767. The maximum atomic E-state index is 12.0. The van der Waals surface area contributed by atoms with E-state index in [9.17, 15) is 22.8 Å². The van der Waals surface area contributed by atoms with Gasteiger partial charge in [-0.25, -0.2) is 4.79 Å². The van der Waals surface area contributed by atoms with Crippen LogP contribution in [-0.2, 0) is 9.59 Å². The number of nitrogens with one attached hydrogen (secondary N) is 1. The first-order chi connectivity index (χ1) is 7.24. The fourth-order valence-corrected chi connectivity index (χ4v) is 2.59. The Labute approximate surface area is 88.8 Å². The van der Waals surface area contributed by atoms with E-state index in [1.807, 2.05) is 0 Å². The molecule has 3 rings (SSSR count). The number of amides is 1. The van der Waals surface area contributed by atoms with Gasteiger partial charge in [0, 0.05) is 5.41 Å². The van der Waals surface area contributed by atoms with E-state index in [1.54, 1.807) is 5.32 Å². The highest BCUT2D eigenvalue weighted by Crippen LogP contribution is 2.66. The summed E-state index contributed by atoms with van der Waals surface area (Å²) in [6, 6.07) is -1.41. The van der Waals surface area contributed by atoms with Gasteiger partial charge in [-0.15, -0.1) is 0 Å². The van der Waals surface area contributed by atoms with Crippen LogP contribution in [0.25, 0.3) is 0 Å². The van der Waals surface area contributed by atoms with E-state index < -0.39 is 29.5 Å². The van der Waals surface area contributed by atoms with E-state index in [4.69, 9.17) is 5.11 Å². The maximum Gasteiger partial charge on any atom is 0.471 e. The smallest absolute Gasteiger partial charge is 0.471 e. The lowest BCUT2D eigenvalue weighted by molar-refractivity contribution is -0.188. The summed E-state index contributed by atoms with van der Waals surface area (Å²) >= 11 is 0. The minimum atomic E-state index is -5.03. The highest BCUT2D eigenvalue weighted by molar-refractivity contribution is 5.87. The van der Waals surface area contributed by atoms with Crippen molar-refractivity contribution in [1.29, 1.82) is 0 Å². The molecule has 90 valence electrons. The van der Waals surface area contributed by atoms with Crippen LogP contribution < -0.4 is 5.32 Å². The van der Waals surface area contributed by atoms with Crippen molar-refractivity contribution < 1.29 is 27.9 Å². The molecule has 16 heavy (non-hydrogen) atoms. The Morgan fingerprint density at radius 1 is 1.31 bits per heavy atom. The van der Waals surface area contributed by atoms with E-state index in [1.165, 1.54) is 0 Å². The molecule has 2 bridgehead atoms. The summed E-state index contributed by atoms with van der Waals surface area (Å²) in [6.45, 7) is 0. The molecule has 0 heterocycles. The number of aliphatic carboxylic acids is 1. The maximum absolute atomic E-state index is 12.0. The van der Waals surface area contributed by atoms with Crippen LogP contribution in [0.3, 0.4) is 0 Å². The monoisotopic (exact) mass is 237 g/mol. The predicted molar refractivity (Wildman–Crippen MR) is 45.4 cm³/mol. The van der Waals surface area contributed by atoms with Crippen LogP contribution in [0.1, 0.15) is 19.3 Å². The first kappa shape index (κ1) is 11.2. The van der Waals surface area contributed by atoms with Gasteiger partial charge in [0.1, 0.15) is 6.04 Å². The number of alkyl halides is 3. The molecule has 3 fully saturated rings. The highest BCUT2D eigenvalue weighted by atomic mass is 19.4. The Morgan fingerprint density at radius 3 is 2.06 bits per heavy atom. The van der Waals surface area contributed by atoms with Gasteiger partial charge >= 0.3 is 18.1 Å². The highest BCUT2D eigenvalue weighted by Gasteiger charge is 2.63. The molecule has 0 saturated heterocycles. The van der Waals surface area contributed by atoms with Gasteiger partial charge in [-0.1, -0.05) is 0 Å². The number of hydrogen-bond donors (Lipinski definition) is 2. The molecule has 0 spiro atoms. The fraction of sp³-hybridized carbons (Fsp3) is 0.778. The summed E-state index contributed by atoms with van der Waals surface area (Å²) in [5, 5.41) is 10.4. The van der Waals surface area contributed by atoms with Gasteiger partial charge < -0.3 is 10.4 Å². The van der Waals surface area contributed by atoms with Crippen LogP contribution in [0.2, 0.25) is 0 Å². The first-order valence-electron chi connectivity index (χ1n) is 4.85. The summed E-state index contributed by atoms with van der Waals surface area (Å²) < 4.78 is 36.0. The zero-order valence-corrected chi connectivity index (χ0v) is 8.17. The number of carbonyl (C=O) groups is 2. The van der Waals surface area contributed by atoms with Crippen LogP contribution in [0.5, 0.6) is 0 Å². The molecular weight excluding hydrogens is 227 g/mol. The molecule has 7 heteroatoms. The summed E-state index contributed by atoms with van der Waals surface area (Å²) in [5.41, 5.74) is -0.628. The Kier molecular flexibility index (Phi) is 2.18. The minimum absolute atomic E-state index is 0.435. The lowest BCUT2D eigenvalue weighted by atomic mass is 9.42.